The van der Waals surface area contributed by atoms with Crippen molar-refractivity contribution in [1.29, 1.82) is 0 Å². The van der Waals surface area contributed by atoms with Gasteiger partial charge in [0, 0.05) is 50.0 Å². The summed E-state index contributed by atoms with van der Waals surface area (Å²) in [7, 11) is 3.42. The fourth-order valence-electron chi connectivity index (χ4n) is 3.33. The molecule has 7 nitrogen and oxygen atoms in total. The maximum Gasteiger partial charge on any atom is 0.228 e. The highest BCUT2D eigenvalue weighted by molar-refractivity contribution is 5.92. The number of hydrogen-bond acceptors (Lipinski definition) is 6. The SMILES string of the molecule is COc1ccnc(N2CCC(C(=O)Nc3ccc(N(C)C(C)C)c(F)c3)CC2)n1. The van der Waals surface area contributed by atoms with Crippen molar-refractivity contribution in [3.05, 3.63) is 36.3 Å². The molecular weight excluding hydrogens is 373 g/mol. The number of carbonyl (C=O) groups is 1. The second kappa shape index (κ2) is 9.07. The predicted molar refractivity (Wildman–Crippen MR) is 112 cm³/mol. The van der Waals surface area contributed by atoms with Gasteiger partial charge in [-0.3, -0.25) is 4.79 Å². The van der Waals surface area contributed by atoms with Gasteiger partial charge in [-0.1, -0.05) is 0 Å². The minimum atomic E-state index is -0.344. The number of rotatable bonds is 6. The van der Waals surface area contributed by atoms with Gasteiger partial charge in [-0.2, -0.15) is 4.98 Å². The Kier molecular flexibility index (Phi) is 6.51. The molecule has 3 rings (SSSR count). The Balaban J connectivity index is 1.58. The lowest BCUT2D eigenvalue weighted by molar-refractivity contribution is -0.120. The number of benzene rings is 1. The van der Waals surface area contributed by atoms with Crippen LogP contribution < -0.4 is 19.9 Å². The molecule has 29 heavy (non-hydrogen) atoms. The van der Waals surface area contributed by atoms with Crippen molar-refractivity contribution in [2.24, 2.45) is 5.92 Å². The van der Waals surface area contributed by atoms with Gasteiger partial charge in [0.05, 0.1) is 12.8 Å². The lowest BCUT2D eigenvalue weighted by Gasteiger charge is -2.31. The van der Waals surface area contributed by atoms with E-state index in [4.69, 9.17) is 4.74 Å². The van der Waals surface area contributed by atoms with Gasteiger partial charge < -0.3 is 19.9 Å². The number of amides is 1. The minimum Gasteiger partial charge on any atom is -0.481 e. The van der Waals surface area contributed by atoms with E-state index in [1.807, 2.05) is 30.7 Å². The summed E-state index contributed by atoms with van der Waals surface area (Å²) in [5.41, 5.74) is 0.997. The van der Waals surface area contributed by atoms with Crippen LogP contribution in [0.15, 0.2) is 30.5 Å². The number of carbonyl (C=O) groups excluding carboxylic acids is 1. The Morgan fingerprint density at radius 2 is 2.03 bits per heavy atom. The summed E-state index contributed by atoms with van der Waals surface area (Å²) >= 11 is 0. The number of piperidine rings is 1. The van der Waals surface area contributed by atoms with Crippen LogP contribution in [-0.4, -0.2) is 49.2 Å². The molecule has 0 atom stereocenters. The molecule has 0 saturated carbocycles. The van der Waals surface area contributed by atoms with Gasteiger partial charge >= 0.3 is 0 Å². The second-order valence-electron chi connectivity index (χ2n) is 7.52. The monoisotopic (exact) mass is 401 g/mol. The van der Waals surface area contributed by atoms with E-state index in [1.165, 1.54) is 6.07 Å². The van der Waals surface area contributed by atoms with Crippen LogP contribution in [0.3, 0.4) is 0 Å². The van der Waals surface area contributed by atoms with E-state index in [-0.39, 0.29) is 23.7 Å². The Morgan fingerprint density at radius 3 is 2.66 bits per heavy atom. The van der Waals surface area contributed by atoms with E-state index in [9.17, 15) is 9.18 Å². The topological polar surface area (TPSA) is 70.6 Å². The molecule has 1 aromatic carbocycles. The van der Waals surface area contributed by atoms with Crippen LogP contribution in [-0.2, 0) is 4.79 Å². The summed E-state index contributed by atoms with van der Waals surface area (Å²) in [6.45, 7) is 5.35. The molecule has 1 amide bonds. The van der Waals surface area contributed by atoms with Gasteiger partial charge in [0.15, 0.2) is 0 Å². The Morgan fingerprint density at radius 1 is 1.31 bits per heavy atom. The number of methoxy groups -OCH3 is 1. The summed E-state index contributed by atoms with van der Waals surface area (Å²) in [5, 5.41) is 2.85. The van der Waals surface area contributed by atoms with E-state index in [0.717, 1.165) is 0 Å². The molecule has 0 radical (unpaired) electrons. The lowest BCUT2D eigenvalue weighted by Crippen LogP contribution is -2.39. The summed E-state index contributed by atoms with van der Waals surface area (Å²) < 4.78 is 19.6. The molecular formula is C21H28FN5O2. The van der Waals surface area contributed by atoms with Crippen molar-refractivity contribution >= 4 is 23.2 Å². The summed E-state index contributed by atoms with van der Waals surface area (Å²) in [5.74, 6) is 0.570. The number of halogens is 1. The van der Waals surface area contributed by atoms with Crippen LogP contribution in [0.2, 0.25) is 0 Å². The zero-order valence-corrected chi connectivity index (χ0v) is 17.4. The summed E-state index contributed by atoms with van der Waals surface area (Å²) in [6, 6.07) is 6.71. The Labute approximate surface area is 170 Å². The minimum absolute atomic E-state index is 0.0828. The van der Waals surface area contributed by atoms with Crippen LogP contribution in [0.1, 0.15) is 26.7 Å². The van der Waals surface area contributed by atoms with Crippen LogP contribution in [0.4, 0.5) is 21.7 Å². The maximum atomic E-state index is 14.4. The maximum absolute atomic E-state index is 14.4. The molecule has 8 heteroatoms. The largest absolute Gasteiger partial charge is 0.481 e. The highest BCUT2D eigenvalue weighted by atomic mass is 19.1. The molecule has 2 heterocycles. The number of nitrogens with one attached hydrogen (secondary N) is 1. The fourth-order valence-corrected chi connectivity index (χ4v) is 3.33. The number of anilines is 3. The highest BCUT2D eigenvalue weighted by Gasteiger charge is 2.26. The average Bonchev–Trinajstić information content (AvgIpc) is 2.73. The zero-order valence-electron chi connectivity index (χ0n) is 17.4. The normalized spacial score (nSPS) is 14.8. The van der Waals surface area contributed by atoms with Crippen molar-refractivity contribution in [1.82, 2.24) is 9.97 Å². The zero-order chi connectivity index (χ0) is 21.0. The van der Waals surface area contributed by atoms with Crippen LogP contribution >= 0.6 is 0 Å². The van der Waals surface area contributed by atoms with E-state index in [0.29, 0.717) is 49.1 Å². The number of hydrogen-bond donors (Lipinski definition) is 1. The average molecular weight is 401 g/mol. The third-order valence-electron chi connectivity index (χ3n) is 5.34. The molecule has 1 aliphatic heterocycles. The van der Waals surface area contributed by atoms with Gasteiger partial charge in [0.2, 0.25) is 17.7 Å². The Hall–Kier alpha value is -2.90. The molecule has 0 spiro atoms. The molecule has 0 unspecified atom stereocenters. The smallest absolute Gasteiger partial charge is 0.228 e. The van der Waals surface area contributed by atoms with Crippen molar-refractivity contribution in [3.63, 3.8) is 0 Å². The standard InChI is InChI=1S/C21H28FN5O2/c1-14(2)26(3)18-6-5-16(13-17(18)22)24-20(28)15-8-11-27(12-9-15)21-23-10-7-19(25-21)29-4/h5-7,10,13-15H,8-9,11-12H2,1-4H3,(H,24,28). The fraction of sp³-hybridized carbons (Fsp3) is 0.476. The molecule has 1 aliphatic rings. The van der Waals surface area contributed by atoms with E-state index in [1.54, 1.807) is 31.5 Å². The molecule has 0 bridgehead atoms. The number of aromatic nitrogens is 2. The predicted octanol–water partition coefficient (Wildman–Crippen LogP) is 3.32. The van der Waals surface area contributed by atoms with Crippen molar-refractivity contribution in [3.8, 4) is 5.88 Å². The van der Waals surface area contributed by atoms with E-state index < -0.39 is 0 Å². The van der Waals surface area contributed by atoms with Gasteiger partial charge in [-0.25, -0.2) is 9.37 Å². The third kappa shape index (κ3) is 4.93. The van der Waals surface area contributed by atoms with Crippen molar-refractivity contribution in [2.75, 3.05) is 42.4 Å². The third-order valence-corrected chi connectivity index (χ3v) is 5.34. The van der Waals surface area contributed by atoms with Crippen LogP contribution in [0, 0.1) is 11.7 Å². The number of nitrogens with zero attached hydrogens (tertiary/aromatic N) is 4. The van der Waals surface area contributed by atoms with Gasteiger partial charge in [-0.05, 0) is 44.9 Å². The van der Waals surface area contributed by atoms with E-state index >= 15 is 0 Å². The highest BCUT2D eigenvalue weighted by Crippen LogP contribution is 2.26. The van der Waals surface area contributed by atoms with E-state index in [2.05, 4.69) is 15.3 Å². The van der Waals surface area contributed by atoms with Gasteiger partial charge in [0.1, 0.15) is 5.82 Å². The molecule has 156 valence electrons. The number of ether oxygens (including phenoxy) is 1. The summed E-state index contributed by atoms with van der Waals surface area (Å²) in [4.78, 5) is 25.2. The van der Waals surface area contributed by atoms with Crippen LogP contribution in [0.25, 0.3) is 0 Å². The first-order valence-corrected chi connectivity index (χ1v) is 9.84. The molecule has 1 N–H and O–H groups in total. The van der Waals surface area contributed by atoms with Gasteiger partial charge in [-0.15, -0.1) is 0 Å². The molecule has 0 aliphatic carbocycles. The molecule has 1 saturated heterocycles. The molecule has 1 fully saturated rings. The van der Waals surface area contributed by atoms with Crippen molar-refractivity contribution in [2.45, 2.75) is 32.7 Å². The summed E-state index contributed by atoms with van der Waals surface area (Å²) in [6.07, 6.45) is 3.03. The quantitative estimate of drug-likeness (QED) is 0.801. The van der Waals surface area contributed by atoms with Crippen molar-refractivity contribution < 1.29 is 13.9 Å². The second-order valence-corrected chi connectivity index (χ2v) is 7.52. The first kappa shape index (κ1) is 20.8. The first-order chi connectivity index (χ1) is 13.9. The lowest BCUT2D eigenvalue weighted by atomic mass is 9.96. The van der Waals surface area contributed by atoms with Crippen LogP contribution in [0.5, 0.6) is 5.88 Å². The van der Waals surface area contributed by atoms with Gasteiger partial charge in [0.25, 0.3) is 0 Å². The molecule has 1 aromatic heterocycles. The molecule has 2 aromatic rings. The Bertz CT molecular complexity index is 853. The first-order valence-electron chi connectivity index (χ1n) is 9.84.